The van der Waals surface area contributed by atoms with Crippen LogP contribution in [-0.4, -0.2) is 55.8 Å². The quantitative estimate of drug-likeness (QED) is 0.454. The van der Waals surface area contributed by atoms with Gasteiger partial charge in [-0.3, -0.25) is 4.99 Å². The molecule has 24 heavy (non-hydrogen) atoms. The Labute approximate surface area is 146 Å². The van der Waals surface area contributed by atoms with Crippen molar-refractivity contribution in [2.45, 2.75) is 46.5 Å². The minimum absolute atomic E-state index is 0.826. The Morgan fingerprint density at radius 3 is 2.58 bits per heavy atom. The van der Waals surface area contributed by atoms with E-state index >= 15 is 0 Å². The van der Waals surface area contributed by atoms with E-state index in [-0.39, 0.29) is 0 Å². The van der Waals surface area contributed by atoms with Crippen molar-refractivity contribution in [2.75, 3.05) is 39.8 Å². The molecule has 1 aromatic rings. The molecule has 136 valence electrons. The average molecular weight is 335 g/mol. The van der Waals surface area contributed by atoms with Crippen molar-refractivity contribution in [3.05, 3.63) is 17.0 Å². The van der Waals surface area contributed by atoms with Crippen molar-refractivity contribution in [3.8, 4) is 0 Å². The Morgan fingerprint density at radius 1 is 1.25 bits per heavy atom. The lowest BCUT2D eigenvalue weighted by atomic mass is 9.99. The van der Waals surface area contributed by atoms with Crippen LogP contribution in [0.3, 0.4) is 0 Å². The summed E-state index contributed by atoms with van der Waals surface area (Å²) in [5.74, 6) is 2.68. The van der Waals surface area contributed by atoms with Crippen LogP contribution in [0.15, 0.2) is 9.52 Å². The predicted molar refractivity (Wildman–Crippen MR) is 98.5 cm³/mol. The molecule has 0 unspecified atom stereocenters. The SMILES string of the molecule is CN=C(NCCCN1CCC(C)CC1)NCCc1c(C)noc1C. The molecule has 0 saturated carbocycles. The lowest BCUT2D eigenvalue weighted by Crippen LogP contribution is -2.40. The van der Waals surface area contributed by atoms with E-state index < -0.39 is 0 Å². The van der Waals surface area contributed by atoms with Crippen molar-refractivity contribution in [1.82, 2.24) is 20.7 Å². The minimum atomic E-state index is 0.826. The Kier molecular flexibility index (Phi) is 7.56. The Balaban J connectivity index is 1.59. The van der Waals surface area contributed by atoms with Gasteiger partial charge in [0.15, 0.2) is 5.96 Å². The maximum absolute atomic E-state index is 5.19. The number of nitrogens with zero attached hydrogens (tertiary/aromatic N) is 3. The van der Waals surface area contributed by atoms with E-state index in [0.717, 1.165) is 49.3 Å². The lowest BCUT2D eigenvalue weighted by molar-refractivity contribution is 0.191. The lowest BCUT2D eigenvalue weighted by Gasteiger charge is -2.30. The molecule has 0 aliphatic carbocycles. The van der Waals surface area contributed by atoms with Crippen molar-refractivity contribution in [2.24, 2.45) is 10.9 Å². The molecule has 1 aliphatic rings. The van der Waals surface area contributed by atoms with E-state index in [9.17, 15) is 0 Å². The fourth-order valence-electron chi connectivity index (χ4n) is 3.18. The van der Waals surface area contributed by atoms with Crippen LogP contribution >= 0.6 is 0 Å². The topological polar surface area (TPSA) is 65.7 Å². The van der Waals surface area contributed by atoms with E-state index in [1.54, 1.807) is 0 Å². The second-order valence-electron chi connectivity index (χ2n) is 6.86. The molecule has 0 spiro atoms. The van der Waals surface area contributed by atoms with E-state index in [2.05, 4.69) is 32.6 Å². The summed E-state index contributed by atoms with van der Waals surface area (Å²) in [6.45, 7) is 11.8. The first-order valence-corrected chi connectivity index (χ1v) is 9.18. The number of aromatic nitrogens is 1. The molecule has 2 N–H and O–H groups in total. The molecule has 1 saturated heterocycles. The summed E-state index contributed by atoms with van der Waals surface area (Å²) in [5, 5.41) is 10.8. The van der Waals surface area contributed by atoms with Gasteiger partial charge in [0.05, 0.1) is 5.69 Å². The van der Waals surface area contributed by atoms with Gasteiger partial charge in [0.2, 0.25) is 0 Å². The zero-order valence-corrected chi connectivity index (χ0v) is 15.7. The molecule has 2 rings (SSSR count). The van der Waals surface area contributed by atoms with Gasteiger partial charge < -0.3 is 20.1 Å². The molecule has 2 heterocycles. The number of piperidine rings is 1. The monoisotopic (exact) mass is 335 g/mol. The van der Waals surface area contributed by atoms with Crippen LogP contribution in [0.5, 0.6) is 0 Å². The molecule has 0 aromatic carbocycles. The molecule has 0 radical (unpaired) electrons. The summed E-state index contributed by atoms with van der Waals surface area (Å²) in [7, 11) is 1.82. The first-order valence-electron chi connectivity index (χ1n) is 9.18. The number of rotatable bonds is 7. The number of likely N-dealkylation sites (tertiary alicyclic amines) is 1. The predicted octanol–water partition coefficient (Wildman–Crippen LogP) is 2.12. The third-order valence-corrected chi connectivity index (χ3v) is 4.89. The molecule has 1 aromatic heterocycles. The zero-order chi connectivity index (χ0) is 17.4. The molecule has 0 bridgehead atoms. The number of hydrogen-bond acceptors (Lipinski definition) is 4. The molecule has 6 heteroatoms. The molecule has 1 fully saturated rings. The van der Waals surface area contributed by atoms with Crippen LogP contribution in [0.4, 0.5) is 0 Å². The third kappa shape index (κ3) is 5.82. The molecule has 1 aliphatic heterocycles. The van der Waals surface area contributed by atoms with Crippen LogP contribution in [0.1, 0.15) is 43.2 Å². The van der Waals surface area contributed by atoms with Crippen LogP contribution in [0.25, 0.3) is 0 Å². The smallest absolute Gasteiger partial charge is 0.190 e. The summed E-state index contributed by atoms with van der Waals surface area (Å²) in [4.78, 5) is 6.87. The summed E-state index contributed by atoms with van der Waals surface area (Å²) < 4.78 is 5.19. The first-order chi connectivity index (χ1) is 11.6. The van der Waals surface area contributed by atoms with Crippen molar-refractivity contribution >= 4 is 5.96 Å². The van der Waals surface area contributed by atoms with Gasteiger partial charge in [0.1, 0.15) is 5.76 Å². The number of nitrogens with one attached hydrogen (secondary N) is 2. The Hall–Kier alpha value is -1.56. The fraction of sp³-hybridized carbons (Fsp3) is 0.778. The summed E-state index contributed by atoms with van der Waals surface area (Å²) in [6.07, 6.45) is 4.74. The third-order valence-electron chi connectivity index (χ3n) is 4.89. The largest absolute Gasteiger partial charge is 0.361 e. The van der Waals surface area contributed by atoms with Gasteiger partial charge in [-0.05, 0) is 65.1 Å². The average Bonchev–Trinajstić information content (AvgIpc) is 2.90. The highest BCUT2D eigenvalue weighted by Gasteiger charge is 2.14. The zero-order valence-electron chi connectivity index (χ0n) is 15.7. The Morgan fingerprint density at radius 2 is 1.96 bits per heavy atom. The van der Waals surface area contributed by atoms with Gasteiger partial charge >= 0.3 is 0 Å². The van der Waals surface area contributed by atoms with E-state index in [1.807, 2.05) is 20.9 Å². The molecular formula is C18H33N5O. The van der Waals surface area contributed by atoms with E-state index in [1.165, 1.54) is 38.0 Å². The highest BCUT2D eigenvalue weighted by molar-refractivity contribution is 5.79. The summed E-state index contributed by atoms with van der Waals surface area (Å²) in [6, 6.07) is 0. The summed E-state index contributed by atoms with van der Waals surface area (Å²) >= 11 is 0. The number of aryl methyl sites for hydroxylation is 2. The van der Waals surface area contributed by atoms with Crippen molar-refractivity contribution < 1.29 is 4.52 Å². The highest BCUT2D eigenvalue weighted by Crippen LogP contribution is 2.15. The van der Waals surface area contributed by atoms with Crippen molar-refractivity contribution in [3.63, 3.8) is 0 Å². The van der Waals surface area contributed by atoms with Crippen LogP contribution in [0.2, 0.25) is 0 Å². The molecule has 0 amide bonds. The van der Waals surface area contributed by atoms with Gasteiger partial charge in [0, 0.05) is 25.7 Å². The van der Waals surface area contributed by atoms with Gasteiger partial charge in [-0.2, -0.15) is 0 Å². The second-order valence-corrected chi connectivity index (χ2v) is 6.86. The van der Waals surface area contributed by atoms with E-state index in [4.69, 9.17) is 4.52 Å². The standard InChI is InChI=1S/C18H33N5O/c1-14-7-12-23(13-8-14)11-5-9-20-18(19-4)21-10-6-17-15(2)22-24-16(17)3/h14H,5-13H2,1-4H3,(H2,19,20,21). The van der Waals surface area contributed by atoms with E-state index in [0.29, 0.717) is 0 Å². The summed E-state index contributed by atoms with van der Waals surface area (Å²) in [5.41, 5.74) is 2.17. The molecular weight excluding hydrogens is 302 g/mol. The first kappa shape index (κ1) is 18.8. The maximum atomic E-state index is 5.19. The number of aliphatic imine (C=N–C) groups is 1. The maximum Gasteiger partial charge on any atom is 0.190 e. The highest BCUT2D eigenvalue weighted by atomic mass is 16.5. The van der Waals surface area contributed by atoms with Gasteiger partial charge in [-0.25, -0.2) is 0 Å². The fourth-order valence-corrected chi connectivity index (χ4v) is 3.18. The minimum Gasteiger partial charge on any atom is -0.361 e. The van der Waals surface area contributed by atoms with Gasteiger partial charge in [-0.15, -0.1) is 0 Å². The number of hydrogen-bond donors (Lipinski definition) is 2. The van der Waals surface area contributed by atoms with Gasteiger partial charge in [-0.1, -0.05) is 12.1 Å². The molecule has 6 nitrogen and oxygen atoms in total. The van der Waals surface area contributed by atoms with Crippen LogP contribution in [0, 0.1) is 19.8 Å². The number of guanidine groups is 1. The van der Waals surface area contributed by atoms with Crippen LogP contribution in [-0.2, 0) is 6.42 Å². The molecule has 0 atom stereocenters. The normalized spacial score (nSPS) is 17.2. The van der Waals surface area contributed by atoms with Gasteiger partial charge in [0.25, 0.3) is 0 Å². The van der Waals surface area contributed by atoms with Crippen LogP contribution < -0.4 is 10.6 Å². The Bertz CT molecular complexity index is 498. The van der Waals surface area contributed by atoms with Crippen molar-refractivity contribution in [1.29, 1.82) is 0 Å². The second kappa shape index (κ2) is 9.67.